The van der Waals surface area contributed by atoms with Gasteiger partial charge in [-0.25, -0.2) is 0 Å². The fourth-order valence-corrected chi connectivity index (χ4v) is 2.77. The van der Waals surface area contributed by atoms with Gasteiger partial charge in [-0.1, -0.05) is 41.4 Å². The predicted molar refractivity (Wildman–Crippen MR) is 103 cm³/mol. The van der Waals surface area contributed by atoms with Crippen molar-refractivity contribution >= 4 is 46.4 Å². The van der Waals surface area contributed by atoms with E-state index >= 15 is 0 Å². The number of anilines is 2. The van der Waals surface area contributed by atoms with Crippen LogP contribution in [0.4, 0.5) is 24.5 Å². The summed E-state index contributed by atoms with van der Waals surface area (Å²) in [7, 11) is 1.48. The van der Waals surface area contributed by atoms with Crippen molar-refractivity contribution in [2.45, 2.75) is 6.18 Å². The number of hydrogen-bond donors (Lipinski definition) is 2. The van der Waals surface area contributed by atoms with Gasteiger partial charge in [-0.15, -0.1) is 0 Å². The zero-order valence-corrected chi connectivity index (χ0v) is 16.1. The lowest BCUT2D eigenvalue weighted by atomic mass is 10.1. The lowest BCUT2D eigenvalue weighted by Gasteiger charge is -2.18. The van der Waals surface area contributed by atoms with Crippen LogP contribution in [0, 0.1) is 0 Å². The molecule has 2 amide bonds. The summed E-state index contributed by atoms with van der Waals surface area (Å²) < 4.78 is 39.2. The van der Waals surface area contributed by atoms with Gasteiger partial charge in [-0.05, 0) is 31.3 Å². The molecule has 2 N–H and O–H groups in total. The van der Waals surface area contributed by atoms with Crippen LogP contribution in [-0.4, -0.2) is 36.9 Å². The Labute approximate surface area is 169 Å². The maximum absolute atomic E-state index is 13.1. The first-order valence-corrected chi connectivity index (χ1v) is 8.72. The molecule has 0 saturated carbocycles. The normalized spacial score (nSPS) is 11.4. The van der Waals surface area contributed by atoms with E-state index in [-0.39, 0.29) is 18.1 Å². The van der Waals surface area contributed by atoms with Crippen molar-refractivity contribution in [3.8, 4) is 0 Å². The Hall–Kier alpha value is -2.29. The topological polar surface area (TPSA) is 61.4 Å². The number of nitrogens with one attached hydrogen (secondary N) is 2. The Morgan fingerprint density at radius 3 is 2.11 bits per heavy atom. The maximum atomic E-state index is 13.1. The number of hydrogen-bond acceptors (Lipinski definition) is 3. The minimum absolute atomic E-state index is 0.173. The highest BCUT2D eigenvalue weighted by Crippen LogP contribution is 2.38. The van der Waals surface area contributed by atoms with Crippen molar-refractivity contribution in [3.63, 3.8) is 0 Å². The molecule has 2 aromatic carbocycles. The number of alkyl halides is 3. The summed E-state index contributed by atoms with van der Waals surface area (Å²) in [6, 6.07) is 9.83. The van der Waals surface area contributed by atoms with Crippen LogP contribution in [0.1, 0.15) is 5.56 Å². The minimum Gasteiger partial charge on any atom is -0.324 e. The average Bonchev–Trinajstić information content (AvgIpc) is 2.57. The SMILES string of the molecule is CN(CC(=O)Nc1ccccc1Cl)CC(=O)Nc1c(Cl)cccc1C(F)(F)F. The van der Waals surface area contributed by atoms with Crippen LogP contribution in [0.5, 0.6) is 0 Å². The molecule has 10 heteroatoms. The third kappa shape index (κ3) is 6.12. The van der Waals surface area contributed by atoms with E-state index in [4.69, 9.17) is 23.2 Å². The number of halogens is 5. The lowest BCUT2D eigenvalue weighted by Crippen LogP contribution is -2.36. The highest BCUT2D eigenvalue weighted by Gasteiger charge is 2.34. The van der Waals surface area contributed by atoms with E-state index in [1.54, 1.807) is 24.3 Å². The summed E-state index contributed by atoms with van der Waals surface area (Å²) in [4.78, 5) is 25.5. The quantitative estimate of drug-likeness (QED) is 0.703. The highest BCUT2D eigenvalue weighted by atomic mass is 35.5. The number of rotatable bonds is 6. The van der Waals surface area contributed by atoms with Crippen molar-refractivity contribution in [1.29, 1.82) is 0 Å². The van der Waals surface area contributed by atoms with E-state index in [1.807, 2.05) is 0 Å². The zero-order chi connectivity index (χ0) is 20.9. The van der Waals surface area contributed by atoms with Gasteiger partial charge in [0, 0.05) is 0 Å². The molecule has 0 heterocycles. The van der Waals surface area contributed by atoms with Crippen LogP contribution in [0.25, 0.3) is 0 Å². The second-order valence-electron chi connectivity index (χ2n) is 5.91. The van der Waals surface area contributed by atoms with Gasteiger partial charge in [0.2, 0.25) is 11.8 Å². The third-order valence-electron chi connectivity index (χ3n) is 3.56. The molecule has 0 spiro atoms. The number of amides is 2. The zero-order valence-electron chi connectivity index (χ0n) is 14.6. The first-order chi connectivity index (χ1) is 13.1. The van der Waals surface area contributed by atoms with Gasteiger partial charge in [0.05, 0.1) is 40.1 Å². The van der Waals surface area contributed by atoms with Crippen LogP contribution in [0.15, 0.2) is 42.5 Å². The fraction of sp³-hybridized carbons (Fsp3) is 0.222. The molecular formula is C18H16Cl2F3N3O2. The first-order valence-electron chi connectivity index (χ1n) is 7.96. The van der Waals surface area contributed by atoms with Gasteiger partial charge in [0.25, 0.3) is 0 Å². The average molecular weight is 434 g/mol. The molecule has 0 aliphatic rings. The highest BCUT2D eigenvalue weighted by molar-refractivity contribution is 6.34. The van der Waals surface area contributed by atoms with Crippen molar-refractivity contribution in [1.82, 2.24) is 4.90 Å². The fourth-order valence-electron chi connectivity index (χ4n) is 2.36. The summed E-state index contributed by atoms with van der Waals surface area (Å²) in [5.41, 5.74) is -1.15. The Balaban J connectivity index is 1.97. The van der Waals surface area contributed by atoms with Gasteiger partial charge >= 0.3 is 6.18 Å². The Kier molecular flexibility index (Phi) is 7.29. The molecule has 0 saturated heterocycles. The molecule has 0 atom stereocenters. The molecule has 0 fully saturated rings. The van der Waals surface area contributed by atoms with Gasteiger partial charge < -0.3 is 10.6 Å². The van der Waals surface area contributed by atoms with E-state index in [2.05, 4.69) is 10.6 Å². The molecule has 0 aliphatic heterocycles. The molecule has 0 aromatic heterocycles. The summed E-state index contributed by atoms with van der Waals surface area (Å²) >= 11 is 11.7. The maximum Gasteiger partial charge on any atom is 0.418 e. The number of para-hydroxylation sites is 2. The first kappa shape index (κ1) is 22.0. The molecule has 0 aliphatic carbocycles. The molecule has 0 bridgehead atoms. The largest absolute Gasteiger partial charge is 0.418 e. The van der Waals surface area contributed by atoms with Gasteiger partial charge in [-0.3, -0.25) is 14.5 Å². The van der Waals surface area contributed by atoms with Crippen molar-refractivity contribution < 1.29 is 22.8 Å². The lowest BCUT2D eigenvalue weighted by molar-refractivity contribution is -0.137. The summed E-state index contributed by atoms with van der Waals surface area (Å²) in [6.07, 6.45) is -4.67. The van der Waals surface area contributed by atoms with Crippen LogP contribution in [0.2, 0.25) is 10.0 Å². The number of likely N-dealkylation sites (N-methyl/N-ethyl adjacent to an activating group) is 1. The van der Waals surface area contributed by atoms with E-state index in [0.29, 0.717) is 10.7 Å². The van der Waals surface area contributed by atoms with Gasteiger partial charge in [-0.2, -0.15) is 13.2 Å². The molecule has 150 valence electrons. The second-order valence-corrected chi connectivity index (χ2v) is 6.72. The smallest absolute Gasteiger partial charge is 0.324 e. The molecule has 28 heavy (non-hydrogen) atoms. The van der Waals surface area contributed by atoms with Crippen molar-refractivity contribution in [2.75, 3.05) is 30.8 Å². The van der Waals surface area contributed by atoms with Crippen LogP contribution < -0.4 is 10.6 Å². The van der Waals surface area contributed by atoms with E-state index in [0.717, 1.165) is 12.1 Å². The molecule has 5 nitrogen and oxygen atoms in total. The van der Waals surface area contributed by atoms with E-state index in [9.17, 15) is 22.8 Å². The Morgan fingerprint density at radius 1 is 0.929 bits per heavy atom. The van der Waals surface area contributed by atoms with E-state index in [1.165, 1.54) is 18.0 Å². The van der Waals surface area contributed by atoms with Crippen LogP contribution in [0.3, 0.4) is 0 Å². The summed E-state index contributed by atoms with van der Waals surface area (Å²) in [6.45, 7) is -0.494. The number of carbonyl (C=O) groups excluding carboxylic acids is 2. The molecule has 2 aromatic rings. The standard InChI is InChI=1S/C18H16Cl2F3N3O2/c1-26(9-15(27)24-14-8-3-2-6-12(14)19)10-16(28)25-17-11(18(21,22)23)5-4-7-13(17)20/h2-8H,9-10H2,1H3,(H,24,27)(H,25,28). The molecule has 2 rings (SSSR count). The monoisotopic (exact) mass is 433 g/mol. The minimum atomic E-state index is -4.67. The van der Waals surface area contributed by atoms with Crippen molar-refractivity contribution in [3.05, 3.63) is 58.1 Å². The molecule has 0 radical (unpaired) electrons. The summed E-state index contributed by atoms with van der Waals surface area (Å²) in [5, 5.41) is 4.87. The second kappa shape index (κ2) is 9.27. The third-order valence-corrected chi connectivity index (χ3v) is 4.20. The summed E-state index contributed by atoms with van der Waals surface area (Å²) in [5.74, 6) is -1.18. The van der Waals surface area contributed by atoms with Gasteiger partial charge in [0.1, 0.15) is 0 Å². The number of benzene rings is 2. The Morgan fingerprint density at radius 2 is 1.50 bits per heavy atom. The van der Waals surface area contributed by atoms with Gasteiger partial charge in [0.15, 0.2) is 0 Å². The number of carbonyl (C=O) groups is 2. The Bertz CT molecular complexity index is 875. The van der Waals surface area contributed by atoms with Crippen molar-refractivity contribution in [2.24, 2.45) is 0 Å². The number of nitrogens with zero attached hydrogens (tertiary/aromatic N) is 1. The van der Waals surface area contributed by atoms with Crippen LogP contribution >= 0.6 is 23.2 Å². The van der Waals surface area contributed by atoms with E-state index < -0.39 is 29.2 Å². The molecular weight excluding hydrogens is 418 g/mol. The predicted octanol–water partition coefficient (Wildman–Crippen LogP) is 4.52. The molecule has 0 unspecified atom stereocenters. The van der Waals surface area contributed by atoms with Crippen LogP contribution in [-0.2, 0) is 15.8 Å².